The van der Waals surface area contributed by atoms with Crippen LogP contribution in [0.5, 0.6) is 5.75 Å². The first kappa shape index (κ1) is 16.6. The van der Waals surface area contributed by atoms with E-state index >= 15 is 0 Å². The smallest absolute Gasteiger partial charge is 0.321 e. The van der Waals surface area contributed by atoms with Crippen LogP contribution in [0, 0.1) is 0 Å². The lowest BCUT2D eigenvalue weighted by molar-refractivity contribution is 0.0849. The SMILES string of the molecule is CCCOc1cccc(NC(=O)N(CC)CC2CCCO2)c1. The van der Waals surface area contributed by atoms with E-state index in [1.54, 1.807) is 4.90 Å². The quantitative estimate of drug-likeness (QED) is 0.838. The Morgan fingerprint density at radius 1 is 1.45 bits per heavy atom. The Morgan fingerprint density at radius 2 is 2.32 bits per heavy atom. The van der Waals surface area contributed by atoms with Crippen molar-refractivity contribution in [1.82, 2.24) is 4.90 Å². The molecular formula is C17H26N2O3. The summed E-state index contributed by atoms with van der Waals surface area (Å²) in [4.78, 5) is 14.2. The van der Waals surface area contributed by atoms with Crippen molar-refractivity contribution < 1.29 is 14.3 Å². The van der Waals surface area contributed by atoms with E-state index in [9.17, 15) is 4.79 Å². The van der Waals surface area contributed by atoms with Crippen molar-refractivity contribution in [3.8, 4) is 5.75 Å². The maximum Gasteiger partial charge on any atom is 0.321 e. The first-order chi connectivity index (χ1) is 10.7. The number of carbonyl (C=O) groups is 1. The highest BCUT2D eigenvalue weighted by Crippen LogP contribution is 2.19. The van der Waals surface area contributed by atoms with Gasteiger partial charge in [0, 0.05) is 31.5 Å². The molecule has 1 saturated heterocycles. The van der Waals surface area contributed by atoms with Gasteiger partial charge in [-0.1, -0.05) is 13.0 Å². The van der Waals surface area contributed by atoms with E-state index in [-0.39, 0.29) is 12.1 Å². The van der Waals surface area contributed by atoms with Gasteiger partial charge in [0.25, 0.3) is 0 Å². The van der Waals surface area contributed by atoms with Crippen molar-refractivity contribution in [3.63, 3.8) is 0 Å². The van der Waals surface area contributed by atoms with Crippen LogP contribution in [0.4, 0.5) is 10.5 Å². The molecule has 2 rings (SSSR count). The summed E-state index contributed by atoms with van der Waals surface area (Å²) < 4.78 is 11.2. The van der Waals surface area contributed by atoms with Gasteiger partial charge in [-0.15, -0.1) is 0 Å². The molecule has 1 unspecified atom stereocenters. The van der Waals surface area contributed by atoms with E-state index in [0.29, 0.717) is 19.7 Å². The molecule has 0 aliphatic carbocycles. The molecule has 0 spiro atoms. The molecule has 0 radical (unpaired) electrons. The van der Waals surface area contributed by atoms with Crippen LogP contribution in [-0.2, 0) is 4.74 Å². The number of rotatable bonds is 7. The summed E-state index contributed by atoms with van der Waals surface area (Å²) in [5.74, 6) is 0.779. The van der Waals surface area contributed by atoms with E-state index in [2.05, 4.69) is 12.2 Å². The Kier molecular flexibility index (Phi) is 6.52. The molecular weight excluding hydrogens is 280 g/mol. The Balaban J connectivity index is 1.91. The maximum absolute atomic E-state index is 12.4. The molecule has 1 aromatic rings. The molecule has 1 N–H and O–H groups in total. The molecule has 1 atom stereocenters. The minimum Gasteiger partial charge on any atom is -0.494 e. The molecule has 0 aromatic heterocycles. The highest BCUT2D eigenvalue weighted by molar-refractivity contribution is 5.89. The van der Waals surface area contributed by atoms with Crippen LogP contribution < -0.4 is 10.1 Å². The predicted molar refractivity (Wildman–Crippen MR) is 87.5 cm³/mol. The molecule has 122 valence electrons. The molecule has 1 aromatic carbocycles. The highest BCUT2D eigenvalue weighted by Gasteiger charge is 2.21. The maximum atomic E-state index is 12.4. The number of nitrogens with one attached hydrogen (secondary N) is 1. The van der Waals surface area contributed by atoms with Crippen molar-refractivity contribution in [1.29, 1.82) is 0 Å². The first-order valence-electron chi connectivity index (χ1n) is 8.13. The monoisotopic (exact) mass is 306 g/mol. The summed E-state index contributed by atoms with van der Waals surface area (Å²) in [6.45, 7) is 6.84. The van der Waals surface area contributed by atoms with E-state index in [0.717, 1.165) is 37.3 Å². The van der Waals surface area contributed by atoms with Gasteiger partial charge < -0.3 is 19.7 Å². The molecule has 1 aliphatic heterocycles. The van der Waals surface area contributed by atoms with Gasteiger partial charge in [0.05, 0.1) is 12.7 Å². The van der Waals surface area contributed by atoms with Crippen molar-refractivity contribution in [3.05, 3.63) is 24.3 Å². The zero-order valence-electron chi connectivity index (χ0n) is 13.5. The van der Waals surface area contributed by atoms with Crippen LogP contribution >= 0.6 is 0 Å². The molecule has 0 bridgehead atoms. The highest BCUT2D eigenvalue weighted by atomic mass is 16.5. The van der Waals surface area contributed by atoms with Crippen LogP contribution in [0.1, 0.15) is 33.1 Å². The van der Waals surface area contributed by atoms with Crippen LogP contribution in [0.2, 0.25) is 0 Å². The molecule has 2 amide bonds. The normalized spacial score (nSPS) is 17.3. The molecule has 1 heterocycles. The van der Waals surface area contributed by atoms with Crippen molar-refractivity contribution in [2.24, 2.45) is 0 Å². The first-order valence-corrected chi connectivity index (χ1v) is 8.13. The topological polar surface area (TPSA) is 50.8 Å². The second-order valence-electron chi connectivity index (χ2n) is 5.48. The van der Waals surface area contributed by atoms with Crippen LogP contribution in [0.3, 0.4) is 0 Å². The third-order valence-electron chi connectivity index (χ3n) is 3.68. The van der Waals surface area contributed by atoms with E-state index in [4.69, 9.17) is 9.47 Å². The van der Waals surface area contributed by atoms with Gasteiger partial charge in [0.15, 0.2) is 0 Å². The van der Waals surface area contributed by atoms with E-state index < -0.39 is 0 Å². The zero-order chi connectivity index (χ0) is 15.8. The van der Waals surface area contributed by atoms with Crippen molar-refractivity contribution in [2.45, 2.75) is 39.2 Å². The number of benzene rings is 1. The van der Waals surface area contributed by atoms with Crippen molar-refractivity contribution in [2.75, 3.05) is 31.6 Å². The summed E-state index contributed by atoms with van der Waals surface area (Å²) in [5.41, 5.74) is 0.754. The number of carbonyl (C=O) groups excluding carboxylic acids is 1. The molecule has 5 heteroatoms. The molecule has 1 aliphatic rings. The van der Waals surface area contributed by atoms with Crippen LogP contribution in [-0.4, -0.2) is 43.3 Å². The second kappa shape index (κ2) is 8.63. The lowest BCUT2D eigenvalue weighted by Gasteiger charge is -2.24. The Hall–Kier alpha value is -1.75. The van der Waals surface area contributed by atoms with Gasteiger partial charge in [-0.2, -0.15) is 0 Å². The predicted octanol–water partition coefficient (Wildman–Crippen LogP) is 3.51. The Bertz CT molecular complexity index is 473. The number of urea groups is 1. The van der Waals surface area contributed by atoms with E-state index in [1.165, 1.54) is 0 Å². The number of ether oxygens (including phenoxy) is 2. The molecule has 0 saturated carbocycles. The van der Waals surface area contributed by atoms with Crippen LogP contribution in [0.25, 0.3) is 0 Å². The summed E-state index contributed by atoms with van der Waals surface area (Å²) in [6.07, 6.45) is 3.25. The Labute approximate surface area is 132 Å². The largest absolute Gasteiger partial charge is 0.494 e. The number of anilines is 1. The minimum atomic E-state index is -0.0920. The third-order valence-corrected chi connectivity index (χ3v) is 3.68. The average molecular weight is 306 g/mol. The number of hydrogen-bond acceptors (Lipinski definition) is 3. The fraction of sp³-hybridized carbons (Fsp3) is 0.588. The van der Waals surface area contributed by atoms with Crippen LogP contribution in [0.15, 0.2) is 24.3 Å². The van der Waals surface area contributed by atoms with Crippen molar-refractivity contribution >= 4 is 11.7 Å². The van der Waals surface area contributed by atoms with Gasteiger partial charge in [0.2, 0.25) is 0 Å². The summed E-state index contributed by atoms with van der Waals surface area (Å²) in [5, 5.41) is 2.94. The molecule has 5 nitrogen and oxygen atoms in total. The van der Waals surface area contributed by atoms with Gasteiger partial charge in [0.1, 0.15) is 5.75 Å². The number of likely N-dealkylation sites (N-methyl/N-ethyl adjacent to an activating group) is 1. The zero-order valence-corrected chi connectivity index (χ0v) is 13.5. The lowest BCUT2D eigenvalue weighted by Crippen LogP contribution is -2.39. The van der Waals surface area contributed by atoms with Gasteiger partial charge in [-0.3, -0.25) is 0 Å². The summed E-state index contributed by atoms with van der Waals surface area (Å²) in [6, 6.07) is 7.42. The molecule has 22 heavy (non-hydrogen) atoms. The summed E-state index contributed by atoms with van der Waals surface area (Å²) in [7, 11) is 0. The third kappa shape index (κ3) is 4.91. The standard InChI is InChI=1S/C17H26N2O3/c1-3-10-21-15-8-5-7-14(12-15)18-17(20)19(4-2)13-16-9-6-11-22-16/h5,7-8,12,16H,3-4,6,9-11,13H2,1-2H3,(H,18,20). The number of nitrogens with zero attached hydrogens (tertiary/aromatic N) is 1. The lowest BCUT2D eigenvalue weighted by atomic mass is 10.2. The molecule has 1 fully saturated rings. The van der Waals surface area contributed by atoms with Gasteiger partial charge in [-0.05, 0) is 38.3 Å². The fourth-order valence-corrected chi connectivity index (χ4v) is 2.48. The van der Waals surface area contributed by atoms with Gasteiger partial charge >= 0.3 is 6.03 Å². The van der Waals surface area contributed by atoms with Gasteiger partial charge in [-0.25, -0.2) is 4.79 Å². The second-order valence-corrected chi connectivity index (χ2v) is 5.48. The Morgan fingerprint density at radius 3 is 3.00 bits per heavy atom. The fourth-order valence-electron chi connectivity index (χ4n) is 2.48. The number of amides is 2. The average Bonchev–Trinajstić information content (AvgIpc) is 3.04. The number of hydrogen-bond donors (Lipinski definition) is 1. The summed E-state index contributed by atoms with van der Waals surface area (Å²) >= 11 is 0. The minimum absolute atomic E-state index is 0.0920. The van der Waals surface area contributed by atoms with E-state index in [1.807, 2.05) is 31.2 Å².